The number of aromatic hydroxyl groups is 4. The zero-order chi connectivity index (χ0) is 84.5. The number of fused-ring (bicyclic) bond motifs is 6. The van der Waals surface area contributed by atoms with Crippen molar-refractivity contribution in [1.82, 2.24) is 20.0 Å². The molecule has 4 aromatic rings. The van der Waals surface area contributed by atoms with Crippen molar-refractivity contribution in [1.29, 1.82) is 0 Å². The molecule has 5 aliphatic heterocycles. The van der Waals surface area contributed by atoms with Gasteiger partial charge < -0.3 is 90.5 Å². The number of phenols is 4. The molecule has 0 radical (unpaired) electrons. The molecule has 118 heavy (non-hydrogen) atoms. The van der Waals surface area contributed by atoms with Gasteiger partial charge in [0.15, 0.2) is 35.7 Å². The number of rotatable bonds is 17. The first-order valence-corrected chi connectivity index (χ1v) is 38.5. The Bertz CT molecular complexity index is 4860. The predicted molar refractivity (Wildman–Crippen MR) is 403 cm³/mol. The van der Waals surface area contributed by atoms with Gasteiger partial charge in [-0.25, -0.2) is 4.90 Å². The predicted octanol–water partition coefficient (Wildman–Crippen LogP) is 1.71. The van der Waals surface area contributed by atoms with Crippen LogP contribution in [0.5, 0.6) is 34.5 Å². The van der Waals surface area contributed by atoms with Crippen LogP contribution in [0.15, 0.2) is 60.7 Å². The molecular weight excluding hydrogens is 1570 g/mol. The smallest absolute Gasteiger partial charge is 0.253 e. The monoisotopic (exact) mass is 1660 g/mol. The molecule has 0 spiro atoms. The first-order chi connectivity index (χ1) is 55.6. The summed E-state index contributed by atoms with van der Waals surface area (Å²) in [5, 5.41) is 112. The molecule has 12 atom stereocenters. The van der Waals surface area contributed by atoms with E-state index in [9.17, 15) is 118 Å². The van der Waals surface area contributed by atoms with Crippen LogP contribution in [0.25, 0.3) is 0 Å². The molecule has 15 rings (SSSR count). The summed E-state index contributed by atoms with van der Waals surface area (Å²) in [5.41, 5.74) is -1.66. The maximum atomic E-state index is 13.9. The minimum atomic E-state index is -2.34. The Morgan fingerprint density at radius 2 is 0.907 bits per heavy atom. The summed E-state index contributed by atoms with van der Waals surface area (Å²) in [6.07, 6.45) is -1.23. The van der Waals surface area contributed by atoms with Crippen LogP contribution in [-0.4, -0.2) is 249 Å². The number of carbonyl (C=O) groups is 14. The van der Waals surface area contributed by atoms with E-state index in [1.165, 1.54) is 84.7 Å². The number of benzene rings is 4. The SMILES string of the molecule is COc1cccc2c1C(=O)c1c(O)c3c(c(O)c1C2=O)C[C@@](O)(C(=O)CO)C[C@@H]3OC1CC(N)C(O)C(C)O1.COc1cccc2c1C(=O)c1c(O)c3c(c(O)c1C2=O)C[C@@](O)(C(=O)CO)C[C@@H]3OC1CC(NC(=O)C2CCC(CN3C(=O)C=CC3=O)CC2)C(O)C(C)O1.Cl.O=C1C=CC(=O)N1CC1CCC(C(=O)N2C(=O)CCC2=O)CC1. The second-order valence-corrected chi connectivity index (χ2v) is 31.4. The van der Waals surface area contributed by atoms with Crippen molar-refractivity contribution >= 4 is 94.4 Å². The standard InChI is InChI=1S/C39H42N2O14.C27H29NO11.C16H18N2O5.ClH/c1-17-33(46)22(40-38(51)19-8-6-18(7-9-19)15-41-26(44)10-11-27(41)45)12-28(54-17)55-24-14-39(52,25(43)16-42)13-21-30(24)37(50)32-31(35(21)48)34(47)20-4-3-5-23(53-2)29(20)36(32)49;1-10-22(31)13(28)6-17(38-10)39-15-8-27(36,16(30)9-29)7-12-19(15)26(35)21-20(24(12)33)23(32)11-4-3-5-14(37-2)18(11)25(21)34;19-12-5-6-13(20)17(12)9-10-1-3-11(4-2-10)16(23)18-14(21)7-8-15(18)22;/h3-5,10-11,17-19,22,24,28,33,42,46,48,50,52H,6-9,12-16H2,1-2H3,(H,40,51);3-5,10,13,15,17,22,29,31,33,35-36H,6-9,28H2,1-2H3;5-6,10-11H,1-4,7-9H2;1H/t17?,18?,19?,22?,24-,28?,33?,39-;10?,13?,15-,17?,22?,27-;;/m00../s1. The van der Waals surface area contributed by atoms with Crippen molar-refractivity contribution in [3.63, 3.8) is 0 Å². The van der Waals surface area contributed by atoms with E-state index in [1.54, 1.807) is 13.8 Å². The van der Waals surface area contributed by atoms with E-state index in [2.05, 4.69) is 5.32 Å². The summed E-state index contributed by atoms with van der Waals surface area (Å²) in [6.45, 7) is 1.68. The van der Waals surface area contributed by atoms with Gasteiger partial charge in [-0.3, -0.25) is 76.9 Å². The van der Waals surface area contributed by atoms with Crippen molar-refractivity contribution in [2.75, 3.05) is 40.5 Å². The highest BCUT2D eigenvalue weighted by atomic mass is 35.5. The molecule has 5 heterocycles. The number of methoxy groups -OCH3 is 2. The Balaban J connectivity index is 0.000000176. The topological polar surface area (TPSA) is 544 Å². The molecule has 5 fully saturated rings. The lowest BCUT2D eigenvalue weighted by Gasteiger charge is -2.43. The first-order valence-electron chi connectivity index (χ1n) is 38.5. The van der Waals surface area contributed by atoms with Crippen molar-refractivity contribution in [2.24, 2.45) is 29.4 Å². The highest BCUT2D eigenvalue weighted by Gasteiger charge is 2.54. The number of hydrogen-bond acceptors (Lipinski definition) is 31. The van der Waals surface area contributed by atoms with Gasteiger partial charge in [0.25, 0.3) is 23.6 Å². The van der Waals surface area contributed by atoms with Gasteiger partial charge in [0.2, 0.25) is 35.2 Å². The van der Waals surface area contributed by atoms with Crippen LogP contribution in [0.4, 0.5) is 0 Å². The normalized spacial score (nSPS) is 29.4. The number of nitrogens with two attached hydrogens (primary N) is 1. The number of aliphatic hydroxyl groups excluding tert-OH is 4. The Kier molecular flexibility index (Phi) is 25.4. The summed E-state index contributed by atoms with van der Waals surface area (Å²) in [6, 6.07) is 7.06. The number of likely N-dealkylation sites (tertiary alicyclic amines) is 1. The number of nitrogens with zero attached hydrogens (tertiary/aromatic N) is 3. The number of hydrogen-bond donors (Lipinski definition) is 12. The van der Waals surface area contributed by atoms with E-state index in [1.807, 2.05) is 0 Å². The molecule has 8 unspecified atom stereocenters. The molecule has 0 aromatic heterocycles. The van der Waals surface area contributed by atoms with Crippen LogP contribution in [0.3, 0.4) is 0 Å². The molecule has 35 nitrogen and oxygen atoms in total. The molecular formula is C82H90ClN5O30. The lowest BCUT2D eigenvalue weighted by atomic mass is 9.72. The minimum absolute atomic E-state index is 0. The van der Waals surface area contributed by atoms with Gasteiger partial charge in [0, 0.05) is 140 Å². The number of imide groups is 5. The van der Waals surface area contributed by atoms with E-state index in [4.69, 9.17) is 34.2 Å². The third-order valence-corrected chi connectivity index (χ3v) is 24.3. The van der Waals surface area contributed by atoms with Gasteiger partial charge in [-0.1, -0.05) is 24.3 Å². The Morgan fingerprint density at radius 1 is 0.525 bits per heavy atom. The van der Waals surface area contributed by atoms with E-state index >= 15 is 0 Å². The van der Waals surface area contributed by atoms with Gasteiger partial charge in [-0.05, 0) is 89.2 Å². The molecule has 11 aliphatic rings. The van der Waals surface area contributed by atoms with E-state index in [0.717, 1.165) is 4.90 Å². The van der Waals surface area contributed by atoms with Crippen LogP contribution < -0.4 is 20.5 Å². The van der Waals surface area contributed by atoms with Crippen LogP contribution >= 0.6 is 12.4 Å². The summed E-state index contributed by atoms with van der Waals surface area (Å²) in [7, 11) is 2.63. The average Bonchev–Trinajstić information content (AvgIpc) is 0.836. The van der Waals surface area contributed by atoms with Crippen LogP contribution in [0.2, 0.25) is 0 Å². The third kappa shape index (κ3) is 16.0. The van der Waals surface area contributed by atoms with Crippen LogP contribution in [0.1, 0.15) is 202 Å². The van der Waals surface area contributed by atoms with Crippen LogP contribution in [-0.2, 0) is 79.7 Å². The van der Waals surface area contributed by atoms with Gasteiger partial charge in [-0.2, -0.15) is 0 Å². The third-order valence-electron chi connectivity index (χ3n) is 24.3. The van der Waals surface area contributed by atoms with Crippen molar-refractivity contribution < 1.29 is 147 Å². The van der Waals surface area contributed by atoms with Crippen LogP contribution in [0, 0.1) is 23.7 Å². The molecule has 2 saturated carbocycles. The lowest BCUT2D eigenvalue weighted by molar-refractivity contribution is -0.249. The molecule has 36 heteroatoms. The Hall–Kier alpha value is -10.4. The average molecular weight is 1660 g/mol. The molecule has 0 bridgehead atoms. The van der Waals surface area contributed by atoms with Crippen molar-refractivity contribution in [3.8, 4) is 34.5 Å². The highest BCUT2D eigenvalue weighted by Crippen LogP contribution is 2.55. The van der Waals surface area contributed by atoms with E-state index < -0.39 is 209 Å². The number of ketones is 6. The molecule has 13 N–H and O–H groups in total. The molecule has 630 valence electrons. The maximum absolute atomic E-state index is 13.9. The first kappa shape index (κ1) is 86.9. The number of amides is 8. The van der Waals surface area contributed by atoms with E-state index in [0.29, 0.717) is 57.9 Å². The summed E-state index contributed by atoms with van der Waals surface area (Å²) in [4.78, 5) is 180. The molecule has 6 aliphatic carbocycles. The fourth-order valence-electron chi connectivity index (χ4n) is 17.9. The van der Waals surface area contributed by atoms with Gasteiger partial charge in [0.1, 0.15) is 65.0 Å². The number of Topliss-reactive ketones (excluding diaryl/α,β-unsaturated/α-hetero) is 2. The highest BCUT2D eigenvalue weighted by molar-refractivity contribution is 6.33. The van der Waals surface area contributed by atoms with Gasteiger partial charge in [-0.15, -0.1) is 12.4 Å². The largest absolute Gasteiger partial charge is 0.507 e. The second kappa shape index (κ2) is 34.5. The quantitative estimate of drug-likeness (QED) is 0.0457. The second-order valence-electron chi connectivity index (χ2n) is 31.4. The minimum Gasteiger partial charge on any atom is -0.507 e. The van der Waals surface area contributed by atoms with Crippen molar-refractivity contribution in [2.45, 2.75) is 189 Å². The van der Waals surface area contributed by atoms with Crippen molar-refractivity contribution in [3.05, 3.63) is 127 Å². The fourth-order valence-corrected chi connectivity index (χ4v) is 17.9. The molecule has 8 amide bonds. The zero-order valence-electron chi connectivity index (χ0n) is 64.5. The number of nitrogens with one attached hydrogen (secondary N) is 1. The molecule has 3 saturated heterocycles. The Labute approximate surface area is 679 Å². The lowest BCUT2D eigenvalue weighted by Crippen LogP contribution is -2.56. The zero-order valence-corrected chi connectivity index (χ0v) is 65.3. The number of halogens is 1. The van der Waals surface area contributed by atoms with Gasteiger partial charge >= 0.3 is 0 Å². The summed E-state index contributed by atoms with van der Waals surface area (Å²) in [5.74, 6) is -11.1. The summed E-state index contributed by atoms with van der Waals surface area (Å²) >= 11 is 0. The summed E-state index contributed by atoms with van der Waals surface area (Å²) < 4.78 is 34.5. The number of phenolic OH excluding ortho intramolecular Hbond substituents is 4. The number of carbonyl (C=O) groups excluding carboxylic acids is 14. The Morgan fingerprint density at radius 3 is 1.30 bits per heavy atom. The maximum Gasteiger partial charge on any atom is 0.253 e. The van der Waals surface area contributed by atoms with E-state index in [-0.39, 0.29) is 154 Å². The fraction of sp³-hybridized carbons (Fsp3) is 0.488. The number of aliphatic hydroxyl groups is 6. The van der Waals surface area contributed by atoms with Gasteiger partial charge in [0.05, 0.1) is 84.2 Å². The molecule has 4 aromatic carbocycles. The number of ether oxygens (including phenoxy) is 6.